The second kappa shape index (κ2) is 8.68. The number of aromatic hydroxyl groups is 1. The number of nitriles is 1. The van der Waals surface area contributed by atoms with Gasteiger partial charge in [-0.1, -0.05) is 12.1 Å². The highest BCUT2D eigenvalue weighted by molar-refractivity contribution is 6.10. The zero-order chi connectivity index (χ0) is 20.8. The average molecular weight is 381 g/mol. The summed E-state index contributed by atoms with van der Waals surface area (Å²) >= 11 is 0. The molecule has 2 rings (SSSR count). The summed E-state index contributed by atoms with van der Waals surface area (Å²) in [5.41, 5.74) is 1.77. The maximum absolute atomic E-state index is 12.5. The molecule has 0 aliphatic carbocycles. The zero-order valence-corrected chi connectivity index (χ0v) is 15.6. The maximum atomic E-state index is 12.5. The van der Waals surface area contributed by atoms with E-state index < -0.39 is 22.3 Å². The van der Waals surface area contributed by atoms with E-state index in [1.54, 1.807) is 25.1 Å². The van der Waals surface area contributed by atoms with E-state index >= 15 is 0 Å². The fourth-order valence-electron chi connectivity index (χ4n) is 2.49. The van der Waals surface area contributed by atoms with Crippen LogP contribution >= 0.6 is 0 Å². The third kappa shape index (κ3) is 4.45. The Kier molecular flexibility index (Phi) is 6.34. The average Bonchev–Trinajstić information content (AvgIpc) is 2.65. The fourth-order valence-corrected chi connectivity index (χ4v) is 2.49. The number of anilines is 1. The maximum Gasteiger partial charge on any atom is 0.315 e. The molecule has 2 aromatic carbocycles. The van der Waals surface area contributed by atoms with Crippen LogP contribution in [-0.2, 0) is 4.79 Å². The normalized spacial score (nSPS) is 10.9. The zero-order valence-electron chi connectivity index (χ0n) is 15.6. The van der Waals surface area contributed by atoms with Crippen LogP contribution in [0.15, 0.2) is 35.9 Å². The van der Waals surface area contributed by atoms with Crippen molar-refractivity contribution in [2.45, 2.75) is 20.8 Å². The summed E-state index contributed by atoms with van der Waals surface area (Å²) in [6, 6.07) is 9.59. The molecule has 0 aliphatic heterocycles. The lowest BCUT2D eigenvalue weighted by atomic mass is 10.1. The number of ether oxygens (including phenoxy) is 1. The van der Waals surface area contributed by atoms with E-state index in [1.165, 1.54) is 12.1 Å². The highest BCUT2D eigenvalue weighted by Gasteiger charge is 2.20. The molecule has 0 saturated heterocycles. The van der Waals surface area contributed by atoms with E-state index in [9.17, 15) is 25.3 Å². The van der Waals surface area contributed by atoms with Crippen LogP contribution in [0.5, 0.6) is 11.5 Å². The summed E-state index contributed by atoms with van der Waals surface area (Å²) in [5.74, 6) is -1.36. The van der Waals surface area contributed by atoms with Gasteiger partial charge in [-0.2, -0.15) is 5.26 Å². The Bertz CT molecular complexity index is 1010. The summed E-state index contributed by atoms with van der Waals surface area (Å²) in [5, 5.41) is 33.1. The molecule has 1 amide bonds. The number of nitrogens with one attached hydrogen (secondary N) is 1. The molecular formula is C20H19N3O5. The van der Waals surface area contributed by atoms with Gasteiger partial charge in [-0.3, -0.25) is 14.9 Å². The van der Waals surface area contributed by atoms with Crippen LogP contribution in [0.2, 0.25) is 0 Å². The van der Waals surface area contributed by atoms with E-state index in [-0.39, 0.29) is 23.5 Å². The first-order valence-corrected chi connectivity index (χ1v) is 8.42. The van der Waals surface area contributed by atoms with Crippen molar-refractivity contribution in [3.8, 4) is 17.6 Å². The minimum atomic E-state index is -0.766. The number of phenolic OH excluding ortho intramolecular Hbond substituents is 1. The first kappa shape index (κ1) is 20.5. The van der Waals surface area contributed by atoms with E-state index in [0.717, 1.165) is 17.2 Å². The number of hydrogen-bond donors (Lipinski definition) is 2. The molecule has 0 aromatic heterocycles. The van der Waals surface area contributed by atoms with E-state index in [0.29, 0.717) is 5.69 Å². The number of carbonyl (C=O) groups is 1. The molecule has 0 saturated carbocycles. The summed E-state index contributed by atoms with van der Waals surface area (Å²) in [4.78, 5) is 22.9. The van der Waals surface area contributed by atoms with Crippen molar-refractivity contribution in [2.24, 2.45) is 0 Å². The van der Waals surface area contributed by atoms with Crippen molar-refractivity contribution in [3.05, 3.63) is 62.7 Å². The van der Waals surface area contributed by atoms with Gasteiger partial charge in [0.05, 0.1) is 11.5 Å². The third-order valence-electron chi connectivity index (χ3n) is 4.10. The number of nitro groups is 1. The van der Waals surface area contributed by atoms with Crippen molar-refractivity contribution in [1.29, 1.82) is 5.26 Å². The smallest absolute Gasteiger partial charge is 0.315 e. The quantitative estimate of drug-likeness (QED) is 0.339. The van der Waals surface area contributed by atoms with Gasteiger partial charge in [0.25, 0.3) is 5.91 Å². The largest absolute Gasteiger partial charge is 0.500 e. The Hall–Kier alpha value is -3.86. The van der Waals surface area contributed by atoms with Crippen LogP contribution in [0.25, 0.3) is 6.08 Å². The molecule has 0 aliphatic rings. The molecule has 0 atom stereocenters. The number of nitrogens with zero attached hydrogens (tertiary/aromatic N) is 2. The van der Waals surface area contributed by atoms with E-state index in [1.807, 2.05) is 19.9 Å². The molecule has 2 N–H and O–H groups in total. The summed E-state index contributed by atoms with van der Waals surface area (Å²) in [7, 11) is 0. The molecule has 2 aromatic rings. The van der Waals surface area contributed by atoms with E-state index in [2.05, 4.69) is 5.32 Å². The number of nitro benzene ring substituents is 1. The minimum absolute atomic E-state index is 0.102. The van der Waals surface area contributed by atoms with Gasteiger partial charge in [0, 0.05) is 11.8 Å². The molecule has 144 valence electrons. The van der Waals surface area contributed by atoms with Gasteiger partial charge in [0.2, 0.25) is 5.75 Å². The highest BCUT2D eigenvalue weighted by atomic mass is 16.6. The highest BCUT2D eigenvalue weighted by Crippen LogP contribution is 2.37. The molecule has 8 heteroatoms. The predicted molar refractivity (Wildman–Crippen MR) is 104 cm³/mol. The van der Waals surface area contributed by atoms with Gasteiger partial charge < -0.3 is 15.2 Å². The molecule has 0 heterocycles. The van der Waals surface area contributed by atoms with Gasteiger partial charge in [-0.05, 0) is 55.7 Å². The lowest BCUT2D eigenvalue weighted by Crippen LogP contribution is -2.14. The number of amides is 1. The number of aryl methyl sites for hydroxylation is 1. The van der Waals surface area contributed by atoms with Gasteiger partial charge >= 0.3 is 5.69 Å². The molecule has 0 unspecified atom stereocenters. The SMILES string of the molecule is CCOc1cc(/C=C(\C#N)C(=O)Nc2cccc(C)c2C)cc([N+](=O)[O-])c1O. The van der Waals surface area contributed by atoms with Crippen LogP contribution in [0.3, 0.4) is 0 Å². The minimum Gasteiger partial charge on any atom is -0.500 e. The first-order chi connectivity index (χ1) is 13.3. The number of carbonyl (C=O) groups excluding carboxylic acids is 1. The van der Waals surface area contributed by atoms with Gasteiger partial charge in [-0.25, -0.2) is 0 Å². The van der Waals surface area contributed by atoms with Crippen LogP contribution in [0.4, 0.5) is 11.4 Å². The number of phenols is 1. The molecule has 0 radical (unpaired) electrons. The Labute approximate surface area is 161 Å². The van der Waals surface area contributed by atoms with Crippen LogP contribution in [0, 0.1) is 35.3 Å². The Morgan fingerprint density at radius 1 is 1.39 bits per heavy atom. The third-order valence-corrected chi connectivity index (χ3v) is 4.10. The predicted octanol–water partition coefficient (Wildman–Crippen LogP) is 3.86. The Morgan fingerprint density at radius 3 is 2.71 bits per heavy atom. The standard InChI is InChI=1S/C20H19N3O5/c1-4-28-18-10-14(9-17(19(18)24)23(26)27)8-15(11-21)20(25)22-16-7-5-6-12(2)13(16)3/h5-10,24H,4H2,1-3H3,(H,22,25)/b15-8+. The Balaban J connectivity index is 2.43. The number of rotatable bonds is 6. The van der Waals surface area contributed by atoms with E-state index in [4.69, 9.17) is 4.74 Å². The number of hydrogen-bond acceptors (Lipinski definition) is 6. The monoisotopic (exact) mass is 381 g/mol. The lowest BCUT2D eigenvalue weighted by Gasteiger charge is -2.10. The lowest BCUT2D eigenvalue weighted by molar-refractivity contribution is -0.386. The van der Waals surface area contributed by atoms with Gasteiger partial charge in [-0.15, -0.1) is 0 Å². The molecule has 28 heavy (non-hydrogen) atoms. The summed E-state index contributed by atoms with van der Waals surface area (Å²) < 4.78 is 5.20. The van der Waals surface area contributed by atoms with Gasteiger partial charge in [0.1, 0.15) is 11.6 Å². The van der Waals surface area contributed by atoms with Crippen LogP contribution in [0.1, 0.15) is 23.6 Å². The molecule has 8 nitrogen and oxygen atoms in total. The van der Waals surface area contributed by atoms with Crippen molar-refractivity contribution in [3.63, 3.8) is 0 Å². The second-order valence-electron chi connectivity index (χ2n) is 5.95. The van der Waals surface area contributed by atoms with Crippen molar-refractivity contribution in [1.82, 2.24) is 0 Å². The topological polar surface area (TPSA) is 125 Å². The molecule has 0 bridgehead atoms. The molecule has 0 fully saturated rings. The van der Waals surface area contributed by atoms with Crippen molar-refractivity contribution >= 4 is 23.4 Å². The van der Waals surface area contributed by atoms with Crippen molar-refractivity contribution < 1.29 is 19.6 Å². The van der Waals surface area contributed by atoms with Crippen LogP contribution in [-0.4, -0.2) is 22.5 Å². The number of benzene rings is 2. The molecule has 0 spiro atoms. The summed E-state index contributed by atoms with van der Waals surface area (Å²) in [6.07, 6.45) is 1.20. The van der Waals surface area contributed by atoms with Crippen LogP contribution < -0.4 is 10.1 Å². The second-order valence-corrected chi connectivity index (χ2v) is 5.95. The Morgan fingerprint density at radius 2 is 2.11 bits per heavy atom. The van der Waals surface area contributed by atoms with Gasteiger partial charge in [0.15, 0.2) is 5.75 Å². The first-order valence-electron chi connectivity index (χ1n) is 8.42. The van der Waals surface area contributed by atoms with Crippen molar-refractivity contribution in [2.75, 3.05) is 11.9 Å². The fraction of sp³-hybridized carbons (Fsp3) is 0.200. The summed E-state index contributed by atoms with van der Waals surface area (Å²) in [6.45, 7) is 5.58. The molecular weight excluding hydrogens is 362 g/mol.